The fraction of sp³-hybridized carbons (Fsp3) is 0.259. The number of methoxy groups -OCH3 is 1. The first-order valence-corrected chi connectivity index (χ1v) is 10.8. The molecule has 1 atom stereocenters. The molecule has 0 bridgehead atoms. The standard InChI is InChI=1S/C27H30N2O3/c1-20(27(31)28-2)29(19-21-11-10-16-24(17-21)32-3)26(30)18-25(22-12-6-4-7-13-22)23-14-8-5-9-15-23/h4-17,20,25H,18-19H2,1-3H3,(H,28,31). The van der Waals surface area contributed by atoms with E-state index in [1.807, 2.05) is 84.9 Å². The summed E-state index contributed by atoms with van der Waals surface area (Å²) in [6.07, 6.45) is 0.263. The molecule has 166 valence electrons. The molecule has 2 amide bonds. The van der Waals surface area contributed by atoms with Crippen molar-refractivity contribution in [1.82, 2.24) is 10.2 Å². The van der Waals surface area contributed by atoms with Gasteiger partial charge in [0.1, 0.15) is 11.8 Å². The van der Waals surface area contributed by atoms with Crippen LogP contribution in [0.4, 0.5) is 0 Å². The highest BCUT2D eigenvalue weighted by Crippen LogP contribution is 2.29. The van der Waals surface area contributed by atoms with Crippen LogP contribution in [0.1, 0.15) is 36.0 Å². The first kappa shape index (κ1) is 23.1. The van der Waals surface area contributed by atoms with Crippen LogP contribution in [0, 0.1) is 0 Å². The molecular formula is C27H30N2O3. The van der Waals surface area contributed by atoms with E-state index in [9.17, 15) is 9.59 Å². The predicted molar refractivity (Wildman–Crippen MR) is 126 cm³/mol. The summed E-state index contributed by atoms with van der Waals surface area (Å²) < 4.78 is 5.32. The monoisotopic (exact) mass is 430 g/mol. The summed E-state index contributed by atoms with van der Waals surface area (Å²) in [5.41, 5.74) is 3.05. The van der Waals surface area contributed by atoms with E-state index >= 15 is 0 Å². The third kappa shape index (κ3) is 5.76. The molecule has 3 aromatic rings. The molecule has 3 rings (SSSR count). The van der Waals surface area contributed by atoms with Crippen molar-refractivity contribution in [2.24, 2.45) is 0 Å². The molecule has 0 aromatic heterocycles. The number of hydrogen-bond donors (Lipinski definition) is 1. The molecule has 0 saturated heterocycles. The lowest BCUT2D eigenvalue weighted by molar-refractivity contribution is -0.140. The van der Waals surface area contributed by atoms with Gasteiger partial charge in [-0.1, -0.05) is 72.8 Å². The topological polar surface area (TPSA) is 58.6 Å². The molecule has 1 N–H and O–H groups in total. The minimum Gasteiger partial charge on any atom is -0.497 e. The van der Waals surface area contributed by atoms with E-state index in [1.54, 1.807) is 26.0 Å². The van der Waals surface area contributed by atoms with Gasteiger partial charge < -0.3 is 15.0 Å². The Morgan fingerprint density at radius 2 is 1.50 bits per heavy atom. The molecule has 0 radical (unpaired) electrons. The van der Waals surface area contributed by atoms with E-state index in [0.29, 0.717) is 12.3 Å². The van der Waals surface area contributed by atoms with Crippen molar-refractivity contribution in [2.75, 3.05) is 14.2 Å². The molecule has 32 heavy (non-hydrogen) atoms. The Morgan fingerprint density at radius 3 is 2.03 bits per heavy atom. The first-order valence-electron chi connectivity index (χ1n) is 10.8. The van der Waals surface area contributed by atoms with E-state index in [4.69, 9.17) is 4.74 Å². The molecule has 0 spiro atoms. The van der Waals surface area contributed by atoms with Crippen LogP contribution in [-0.4, -0.2) is 36.9 Å². The minimum absolute atomic E-state index is 0.0818. The molecule has 5 nitrogen and oxygen atoms in total. The molecule has 0 aliphatic rings. The number of benzene rings is 3. The van der Waals surface area contributed by atoms with Crippen LogP contribution in [0.3, 0.4) is 0 Å². The largest absolute Gasteiger partial charge is 0.497 e. The molecule has 0 saturated carbocycles. The summed E-state index contributed by atoms with van der Waals surface area (Å²) in [4.78, 5) is 27.7. The normalized spacial score (nSPS) is 11.6. The maximum atomic E-state index is 13.6. The summed E-state index contributed by atoms with van der Waals surface area (Å²) in [6, 6.07) is 27.0. The molecule has 0 fully saturated rings. The minimum atomic E-state index is -0.606. The van der Waals surface area contributed by atoms with Crippen molar-refractivity contribution < 1.29 is 14.3 Å². The van der Waals surface area contributed by atoms with Crippen LogP contribution in [-0.2, 0) is 16.1 Å². The van der Waals surface area contributed by atoms with Crippen LogP contribution >= 0.6 is 0 Å². The Hall–Kier alpha value is -3.60. The lowest BCUT2D eigenvalue weighted by Crippen LogP contribution is -2.47. The van der Waals surface area contributed by atoms with Gasteiger partial charge in [0.05, 0.1) is 7.11 Å². The zero-order valence-corrected chi connectivity index (χ0v) is 18.8. The van der Waals surface area contributed by atoms with Crippen molar-refractivity contribution in [3.8, 4) is 5.75 Å². The number of likely N-dealkylation sites (N-methyl/N-ethyl adjacent to an activating group) is 1. The zero-order valence-electron chi connectivity index (χ0n) is 18.8. The highest BCUT2D eigenvalue weighted by atomic mass is 16.5. The van der Waals surface area contributed by atoms with Crippen LogP contribution < -0.4 is 10.1 Å². The van der Waals surface area contributed by atoms with E-state index in [-0.39, 0.29) is 24.2 Å². The predicted octanol–water partition coefficient (Wildman–Crippen LogP) is 4.38. The van der Waals surface area contributed by atoms with Crippen LogP contribution in [0.2, 0.25) is 0 Å². The van der Waals surface area contributed by atoms with Crippen molar-refractivity contribution in [1.29, 1.82) is 0 Å². The maximum Gasteiger partial charge on any atom is 0.242 e. The van der Waals surface area contributed by atoms with Gasteiger partial charge in [-0.15, -0.1) is 0 Å². The van der Waals surface area contributed by atoms with Gasteiger partial charge in [0.15, 0.2) is 0 Å². The van der Waals surface area contributed by atoms with Crippen LogP contribution in [0.25, 0.3) is 0 Å². The quantitative estimate of drug-likeness (QED) is 0.548. The highest BCUT2D eigenvalue weighted by Gasteiger charge is 2.28. The van der Waals surface area contributed by atoms with Crippen molar-refractivity contribution in [2.45, 2.75) is 31.8 Å². The number of amides is 2. The van der Waals surface area contributed by atoms with E-state index < -0.39 is 6.04 Å². The third-order valence-electron chi connectivity index (χ3n) is 5.68. The molecule has 3 aromatic carbocycles. The second-order valence-corrected chi connectivity index (χ2v) is 7.74. The number of hydrogen-bond acceptors (Lipinski definition) is 3. The number of rotatable bonds is 9. The van der Waals surface area contributed by atoms with Gasteiger partial charge in [-0.25, -0.2) is 0 Å². The SMILES string of the molecule is CNC(=O)C(C)N(Cc1cccc(OC)c1)C(=O)CC(c1ccccc1)c1ccccc1. The summed E-state index contributed by atoms with van der Waals surface area (Å²) in [5, 5.41) is 2.67. The van der Waals surface area contributed by atoms with Gasteiger partial charge in [-0.3, -0.25) is 9.59 Å². The Labute approximate surface area is 190 Å². The lowest BCUT2D eigenvalue weighted by atomic mass is 9.88. The average Bonchev–Trinajstić information content (AvgIpc) is 2.86. The number of carbonyl (C=O) groups excluding carboxylic acids is 2. The second kappa shape index (κ2) is 11.1. The second-order valence-electron chi connectivity index (χ2n) is 7.74. The third-order valence-corrected chi connectivity index (χ3v) is 5.68. The lowest BCUT2D eigenvalue weighted by Gasteiger charge is -2.30. The first-order chi connectivity index (χ1) is 15.5. The fourth-order valence-corrected chi connectivity index (χ4v) is 3.85. The van der Waals surface area contributed by atoms with Gasteiger partial charge in [0.2, 0.25) is 11.8 Å². The van der Waals surface area contributed by atoms with Gasteiger partial charge in [-0.2, -0.15) is 0 Å². The maximum absolute atomic E-state index is 13.6. The smallest absolute Gasteiger partial charge is 0.242 e. The summed E-state index contributed by atoms with van der Waals surface area (Å²) in [6.45, 7) is 2.08. The summed E-state index contributed by atoms with van der Waals surface area (Å²) >= 11 is 0. The Bertz CT molecular complexity index is 982. The highest BCUT2D eigenvalue weighted by molar-refractivity contribution is 5.87. The zero-order chi connectivity index (χ0) is 22.9. The van der Waals surface area contributed by atoms with Gasteiger partial charge in [-0.05, 0) is 35.7 Å². The molecule has 0 aliphatic heterocycles. The van der Waals surface area contributed by atoms with E-state index in [2.05, 4.69) is 5.32 Å². The van der Waals surface area contributed by atoms with Crippen LogP contribution in [0.15, 0.2) is 84.9 Å². The van der Waals surface area contributed by atoms with Gasteiger partial charge in [0, 0.05) is 25.9 Å². The van der Waals surface area contributed by atoms with Gasteiger partial charge in [0.25, 0.3) is 0 Å². The summed E-state index contributed by atoms with van der Waals surface area (Å²) in [7, 11) is 3.20. The average molecular weight is 431 g/mol. The van der Waals surface area contributed by atoms with Crippen LogP contribution in [0.5, 0.6) is 5.75 Å². The summed E-state index contributed by atoms with van der Waals surface area (Å²) in [5.74, 6) is 0.336. The number of carbonyl (C=O) groups is 2. The molecule has 5 heteroatoms. The van der Waals surface area contributed by atoms with Crippen molar-refractivity contribution in [3.05, 3.63) is 102 Å². The van der Waals surface area contributed by atoms with Gasteiger partial charge >= 0.3 is 0 Å². The molecule has 1 unspecified atom stereocenters. The molecular weight excluding hydrogens is 400 g/mol. The number of ether oxygens (including phenoxy) is 1. The van der Waals surface area contributed by atoms with E-state index in [0.717, 1.165) is 16.7 Å². The van der Waals surface area contributed by atoms with Crippen molar-refractivity contribution in [3.63, 3.8) is 0 Å². The number of nitrogens with zero attached hydrogens (tertiary/aromatic N) is 1. The Morgan fingerprint density at radius 1 is 0.906 bits per heavy atom. The molecule has 0 heterocycles. The number of nitrogens with one attached hydrogen (secondary N) is 1. The Balaban J connectivity index is 1.92. The van der Waals surface area contributed by atoms with Crippen molar-refractivity contribution >= 4 is 11.8 Å². The van der Waals surface area contributed by atoms with E-state index in [1.165, 1.54) is 0 Å². The fourth-order valence-electron chi connectivity index (χ4n) is 3.85. The Kier molecular flexibility index (Phi) is 8.03. The molecule has 0 aliphatic carbocycles.